The number of rotatable bonds is 3. The number of hydrogen-bond acceptors (Lipinski definition) is 4. The van der Waals surface area contributed by atoms with Crippen LogP contribution in [0.3, 0.4) is 0 Å². The van der Waals surface area contributed by atoms with Crippen LogP contribution in [0.4, 0.5) is 18.9 Å². The van der Waals surface area contributed by atoms with Crippen LogP contribution in [0.15, 0.2) is 24.3 Å². The van der Waals surface area contributed by atoms with Crippen molar-refractivity contribution in [3.8, 4) is 11.6 Å². The van der Waals surface area contributed by atoms with E-state index in [1.165, 1.54) is 6.07 Å². The normalized spacial score (nSPS) is 11.5. The zero-order chi connectivity index (χ0) is 15.8. The summed E-state index contributed by atoms with van der Waals surface area (Å²) in [5, 5.41) is 14.0. The fourth-order valence-electron chi connectivity index (χ4n) is 1.55. The van der Waals surface area contributed by atoms with E-state index >= 15 is 0 Å². The second-order valence-corrected chi connectivity index (χ2v) is 4.37. The SMILES string of the molecule is Cn1nc(Oc2ccc([N+](=O)[O-])cc2Cl)cc1C(F)(F)F. The molecule has 0 fully saturated rings. The number of hydrogen-bond donors (Lipinski definition) is 0. The summed E-state index contributed by atoms with van der Waals surface area (Å²) < 4.78 is 43.5. The van der Waals surface area contributed by atoms with E-state index in [0.717, 1.165) is 19.2 Å². The van der Waals surface area contributed by atoms with Gasteiger partial charge < -0.3 is 4.74 Å². The summed E-state index contributed by atoms with van der Waals surface area (Å²) in [5.41, 5.74) is -1.25. The fourth-order valence-corrected chi connectivity index (χ4v) is 1.77. The van der Waals surface area contributed by atoms with Crippen molar-refractivity contribution >= 4 is 17.3 Å². The molecule has 0 radical (unpaired) electrons. The Labute approximate surface area is 120 Å². The van der Waals surface area contributed by atoms with Crippen molar-refractivity contribution in [2.45, 2.75) is 6.18 Å². The molecule has 0 atom stereocenters. The zero-order valence-electron chi connectivity index (χ0n) is 10.4. The molecule has 6 nitrogen and oxygen atoms in total. The van der Waals surface area contributed by atoms with Gasteiger partial charge in [-0.2, -0.15) is 13.2 Å². The molecule has 0 aliphatic carbocycles. The molecule has 10 heteroatoms. The maximum Gasteiger partial charge on any atom is 0.433 e. The topological polar surface area (TPSA) is 70.2 Å². The first-order valence-electron chi connectivity index (χ1n) is 5.41. The lowest BCUT2D eigenvalue weighted by Crippen LogP contribution is -2.11. The van der Waals surface area contributed by atoms with E-state index in [1.54, 1.807) is 0 Å². The van der Waals surface area contributed by atoms with E-state index in [0.29, 0.717) is 10.7 Å². The van der Waals surface area contributed by atoms with Gasteiger partial charge in [0.25, 0.3) is 5.69 Å². The summed E-state index contributed by atoms with van der Waals surface area (Å²) in [7, 11) is 1.12. The van der Waals surface area contributed by atoms with Crippen LogP contribution in [0.1, 0.15) is 5.69 Å². The number of halogens is 4. The molecule has 112 valence electrons. The number of non-ortho nitro benzene ring substituents is 1. The molecule has 1 aromatic carbocycles. The molecule has 0 N–H and O–H groups in total. The van der Waals surface area contributed by atoms with Crippen LogP contribution in [0.2, 0.25) is 5.02 Å². The van der Waals surface area contributed by atoms with Gasteiger partial charge in [0.15, 0.2) is 0 Å². The van der Waals surface area contributed by atoms with Crippen LogP contribution in [0.5, 0.6) is 11.6 Å². The average Bonchev–Trinajstić information content (AvgIpc) is 2.72. The molecule has 21 heavy (non-hydrogen) atoms. The molecule has 1 heterocycles. The van der Waals surface area contributed by atoms with Crippen molar-refractivity contribution < 1.29 is 22.8 Å². The van der Waals surface area contributed by atoms with E-state index in [4.69, 9.17) is 16.3 Å². The Morgan fingerprint density at radius 3 is 2.52 bits per heavy atom. The van der Waals surface area contributed by atoms with E-state index in [2.05, 4.69) is 5.10 Å². The van der Waals surface area contributed by atoms with Gasteiger partial charge in [-0.25, -0.2) is 0 Å². The minimum Gasteiger partial charge on any atom is -0.436 e. The second-order valence-electron chi connectivity index (χ2n) is 3.96. The Morgan fingerprint density at radius 2 is 2.05 bits per heavy atom. The lowest BCUT2D eigenvalue weighted by molar-refractivity contribution is -0.384. The lowest BCUT2D eigenvalue weighted by atomic mass is 10.3. The van der Waals surface area contributed by atoms with Gasteiger partial charge in [0.05, 0.1) is 9.95 Å². The number of aryl methyl sites for hydroxylation is 1. The standard InChI is InChI=1S/C11H7ClF3N3O3/c1-17-9(11(13,14)15)5-10(16-17)21-8-3-2-6(18(19)20)4-7(8)12/h2-5H,1H3. The molecule has 0 aliphatic rings. The van der Waals surface area contributed by atoms with E-state index in [-0.39, 0.29) is 22.3 Å². The summed E-state index contributed by atoms with van der Waals surface area (Å²) in [4.78, 5) is 9.89. The van der Waals surface area contributed by atoms with Crippen molar-refractivity contribution in [3.05, 3.63) is 45.1 Å². The third kappa shape index (κ3) is 3.24. The lowest BCUT2D eigenvalue weighted by Gasteiger charge is -2.04. The van der Waals surface area contributed by atoms with Crippen molar-refractivity contribution in [3.63, 3.8) is 0 Å². The highest BCUT2D eigenvalue weighted by molar-refractivity contribution is 6.32. The maximum atomic E-state index is 12.6. The van der Waals surface area contributed by atoms with Gasteiger partial charge in [-0.1, -0.05) is 11.6 Å². The molecular weight excluding hydrogens is 315 g/mol. The number of ether oxygens (including phenoxy) is 1. The smallest absolute Gasteiger partial charge is 0.433 e. The molecule has 2 aromatic rings. The van der Waals surface area contributed by atoms with Crippen LogP contribution in [0.25, 0.3) is 0 Å². The van der Waals surface area contributed by atoms with Gasteiger partial charge in [0.2, 0.25) is 5.88 Å². The van der Waals surface area contributed by atoms with Gasteiger partial charge in [0, 0.05) is 25.2 Å². The number of benzene rings is 1. The number of nitrogens with zero attached hydrogens (tertiary/aromatic N) is 3. The van der Waals surface area contributed by atoms with Crippen molar-refractivity contribution in [1.29, 1.82) is 0 Å². The predicted octanol–water partition coefficient (Wildman–Crippen LogP) is 3.79. The molecule has 0 saturated heterocycles. The molecule has 0 amide bonds. The molecule has 0 spiro atoms. The highest BCUT2D eigenvalue weighted by Crippen LogP contribution is 2.35. The first kappa shape index (κ1) is 15.1. The van der Waals surface area contributed by atoms with Crippen molar-refractivity contribution in [2.75, 3.05) is 0 Å². The van der Waals surface area contributed by atoms with E-state index < -0.39 is 16.8 Å². The summed E-state index contributed by atoms with van der Waals surface area (Å²) in [5.74, 6) is -0.352. The maximum absolute atomic E-state index is 12.6. The number of nitro groups is 1. The van der Waals surface area contributed by atoms with Crippen LogP contribution >= 0.6 is 11.6 Å². The monoisotopic (exact) mass is 321 g/mol. The Kier molecular flexibility index (Phi) is 3.77. The van der Waals surface area contributed by atoms with Crippen LogP contribution in [0, 0.1) is 10.1 Å². The predicted molar refractivity (Wildman–Crippen MR) is 66.4 cm³/mol. The van der Waals surface area contributed by atoms with Gasteiger partial charge in [-0.3, -0.25) is 14.8 Å². The summed E-state index contributed by atoms with van der Waals surface area (Å²) in [6, 6.07) is 4.04. The molecule has 0 unspecified atom stereocenters. The van der Waals surface area contributed by atoms with Crippen molar-refractivity contribution in [1.82, 2.24) is 9.78 Å². The first-order chi connectivity index (χ1) is 9.68. The second kappa shape index (κ2) is 5.24. The molecule has 0 bridgehead atoms. The number of aromatic nitrogens is 2. The van der Waals surface area contributed by atoms with Crippen LogP contribution in [-0.2, 0) is 13.2 Å². The Bertz CT molecular complexity index is 700. The summed E-state index contributed by atoms with van der Waals surface area (Å²) in [6.45, 7) is 0. The Balaban J connectivity index is 2.29. The third-order valence-corrected chi connectivity index (χ3v) is 2.78. The van der Waals surface area contributed by atoms with Crippen LogP contribution < -0.4 is 4.74 Å². The zero-order valence-corrected chi connectivity index (χ0v) is 11.1. The molecule has 0 aliphatic heterocycles. The highest BCUT2D eigenvalue weighted by Gasteiger charge is 2.35. The fraction of sp³-hybridized carbons (Fsp3) is 0.182. The molecule has 0 saturated carbocycles. The van der Waals surface area contributed by atoms with Crippen molar-refractivity contribution in [2.24, 2.45) is 7.05 Å². The third-order valence-electron chi connectivity index (χ3n) is 2.49. The largest absolute Gasteiger partial charge is 0.436 e. The Morgan fingerprint density at radius 1 is 1.38 bits per heavy atom. The number of nitro benzene ring substituents is 1. The van der Waals surface area contributed by atoms with E-state index in [1.807, 2.05) is 0 Å². The molecular formula is C11H7ClF3N3O3. The van der Waals surface area contributed by atoms with Gasteiger partial charge >= 0.3 is 6.18 Å². The quantitative estimate of drug-likeness (QED) is 0.637. The highest BCUT2D eigenvalue weighted by atomic mass is 35.5. The van der Waals surface area contributed by atoms with Crippen LogP contribution in [-0.4, -0.2) is 14.7 Å². The molecule has 2 rings (SSSR count). The first-order valence-corrected chi connectivity index (χ1v) is 5.79. The van der Waals surface area contributed by atoms with E-state index in [9.17, 15) is 23.3 Å². The minimum absolute atomic E-state index is 0.0332. The number of alkyl halides is 3. The van der Waals surface area contributed by atoms with Gasteiger partial charge in [-0.15, -0.1) is 5.10 Å². The minimum atomic E-state index is -4.57. The molecule has 1 aromatic heterocycles. The average molecular weight is 322 g/mol. The van der Waals surface area contributed by atoms with Gasteiger partial charge in [-0.05, 0) is 6.07 Å². The summed E-state index contributed by atoms with van der Waals surface area (Å²) >= 11 is 5.77. The van der Waals surface area contributed by atoms with Gasteiger partial charge in [0.1, 0.15) is 11.4 Å². The Hall–Kier alpha value is -2.29. The summed E-state index contributed by atoms with van der Waals surface area (Å²) in [6.07, 6.45) is -4.57.